The maximum atomic E-state index is 5.96. The SMILES string of the molecule is CC(CNc1cccc(Cl)c1)CN1CCNCC1. The van der Waals surface area contributed by atoms with E-state index in [2.05, 4.69) is 28.5 Å². The van der Waals surface area contributed by atoms with E-state index in [0.717, 1.165) is 36.9 Å². The summed E-state index contributed by atoms with van der Waals surface area (Å²) in [6.45, 7) is 9.02. The van der Waals surface area contributed by atoms with E-state index in [9.17, 15) is 0 Å². The van der Waals surface area contributed by atoms with Crippen molar-refractivity contribution < 1.29 is 0 Å². The number of nitrogens with one attached hydrogen (secondary N) is 2. The van der Waals surface area contributed by atoms with Crippen LogP contribution >= 0.6 is 11.6 Å². The van der Waals surface area contributed by atoms with Gasteiger partial charge in [0, 0.05) is 50.0 Å². The smallest absolute Gasteiger partial charge is 0.0426 e. The standard InChI is InChI=1S/C14H22ClN3/c1-12(11-18-7-5-16-6-8-18)10-17-14-4-2-3-13(15)9-14/h2-4,9,12,16-17H,5-8,10-11H2,1H3. The molecule has 0 aliphatic carbocycles. The van der Waals surface area contributed by atoms with Gasteiger partial charge in [0.25, 0.3) is 0 Å². The van der Waals surface area contributed by atoms with Crippen LogP contribution in [-0.4, -0.2) is 44.2 Å². The summed E-state index contributed by atoms with van der Waals surface area (Å²) in [6.07, 6.45) is 0. The molecule has 0 bridgehead atoms. The average molecular weight is 268 g/mol. The van der Waals surface area contributed by atoms with Gasteiger partial charge in [-0.1, -0.05) is 24.6 Å². The molecule has 2 N–H and O–H groups in total. The normalized spacial score (nSPS) is 18.6. The lowest BCUT2D eigenvalue weighted by molar-refractivity contribution is 0.215. The van der Waals surface area contributed by atoms with Gasteiger partial charge in [-0.25, -0.2) is 0 Å². The quantitative estimate of drug-likeness (QED) is 0.857. The van der Waals surface area contributed by atoms with Gasteiger partial charge in [0.05, 0.1) is 0 Å². The Kier molecular flexibility index (Phi) is 5.29. The van der Waals surface area contributed by atoms with E-state index in [4.69, 9.17) is 11.6 Å². The maximum absolute atomic E-state index is 5.96. The van der Waals surface area contributed by atoms with Crippen molar-refractivity contribution >= 4 is 17.3 Å². The Bertz CT molecular complexity index is 364. The van der Waals surface area contributed by atoms with Crippen LogP contribution in [0.2, 0.25) is 5.02 Å². The number of piperazine rings is 1. The molecular formula is C14H22ClN3. The molecule has 0 saturated carbocycles. The summed E-state index contributed by atoms with van der Waals surface area (Å²) in [6, 6.07) is 7.91. The fourth-order valence-electron chi connectivity index (χ4n) is 2.29. The van der Waals surface area contributed by atoms with Gasteiger partial charge in [0.2, 0.25) is 0 Å². The molecule has 1 fully saturated rings. The minimum atomic E-state index is 0.641. The number of rotatable bonds is 5. The predicted molar refractivity (Wildman–Crippen MR) is 78.4 cm³/mol. The van der Waals surface area contributed by atoms with Crippen molar-refractivity contribution in [2.45, 2.75) is 6.92 Å². The van der Waals surface area contributed by atoms with Crippen LogP contribution in [0.1, 0.15) is 6.92 Å². The number of anilines is 1. The molecule has 0 radical (unpaired) electrons. The van der Waals surface area contributed by atoms with Gasteiger partial charge < -0.3 is 15.5 Å². The van der Waals surface area contributed by atoms with Gasteiger partial charge in [0.15, 0.2) is 0 Å². The van der Waals surface area contributed by atoms with Gasteiger partial charge in [-0.15, -0.1) is 0 Å². The second-order valence-electron chi connectivity index (χ2n) is 5.05. The second kappa shape index (κ2) is 6.98. The van der Waals surface area contributed by atoms with Crippen LogP contribution in [0.25, 0.3) is 0 Å². The summed E-state index contributed by atoms with van der Waals surface area (Å²) in [7, 11) is 0. The first-order chi connectivity index (χ1) is 8.74. The first-order valence-corrected chi connectivity index (χ1v) is 7.04. The van der Waals surface area contributed by atoms with Crippen LogP contribution in [0.3, 0.4) is 0 Å². The molecule has 1 saturated heterocycles. The second-order valence-corrected chi connectivity index (χ2v) is 5.48. The van der Waals surface area contributed by atoms with Crippen LogP contribution in [0.4, 0.5) is 5.69 Å². The summed E-state index contributed by atoms with van der Waals surface area (Å²) in [4.78, 5) is 2.53. The Balaban J connectivity index is 1.72. The molecule has 0 spiro atoms. The van der Waals surface area contributed by atoms with Gasteiger partial charge >= 0.3 is 0 Å². The summed E-state index contributed by atoms with van der Waals surface area (Å²) >= 11 is 5.96. The van der Waals surface area contributed by atoms with E-state index in [1.807, 2.05) is 18.2 Å². The summed E-state index contributed by atoms with van der Waals surface area (Å²) in [5, 5.41) is 7.61. The molecule has 1 aromatic carbocycles. The molecule has 2 rings (SSSR count). The molecule has 4 heteroatoms. The first-order valence-electron chi connectivity index (χ1n) is 6.66. The Morgan fingerprint density at radius 2 is 2.17 bits per heavy atom. The van der Waals surface area contributed by atoms with Gasteiger partial charge in [-0.3, -0.25) is 0 Å². The van der Waals surface area contributed by atoms with Crippen molar-refractivity contribution in [3.63, 3.8) is 0 Å². The van der Waals surface area contributed by atoms with Crippen LogP contribution in [0.5, 0.6) is 0 Å². The van der Waals surface area contributed by atoms with Crippen molar-refractivity contribution in [3.8, 4) is 0 Å². The van der Waals surface area contributed by atoms with E-state index in [-0.39, 0.29) is 0 Å². The van der Waals surface area contributed by atoms with E-state index in [0.29, 0.717) is 5.92 Å². The van der Waals surface area contributed by atoms with Gasteiger partial charge in [0.1, 0.15) is 0 Å². The molecule has 1 atom stereocenters. The van der Waals surface area contributed by atoms with Crippen LogP contribution < -0.4 is 10.6 Å². The average Bonchev–Trinajstić information content (AvgIpc) is 2.38. The van der Waals surface area contributed by atoms with Gasteiger partial charge in [-0.05, 0) is 24.1 Å². The minimum Gasteiger partial charge on any atom is -0.385 e. The van der Waals surface area contributed by atoms with Crippen LogP contribution in [0, 0.1) is 5.92 Å². The topological polar surface area (TPSA) is 27.3 Å². The van der Waals surface area contributed by atoms with Crippen molar-refractivity contribution in [2.75, 3.05) is 44.6 Å². The van der Waals surface area contributed by atoms with E-state index in [1.54, 1.807) is 0 Å². The van der Waals surface area contributed by atoms with Crippen LogP contribution in [-0.2, 0) is 0 Å². The van der Waals surface area contributed by atoms with Crippen molar-refractivity contribution in [3.05, 3.63) is 29.3 Å². The lowest BCUT2D eigenvalue weighted by Gasteiger charge is -2.29. The lowest BCUT2D eigenvalue weighted by Crippen LogP contribution is -2.45. The number of hydrogen-bond acceptors (Lipinski definition) is 3. The largest absolute Gasteiger partial charge is 0.385 e. The Morgan fingerprint density at radius 1 is 1.39 bits per heavy atom. The highest BCUT2D eigenvalue weighted by atomic mass is 35.5. The minimum absolute atomic E-state index is 0.641. The van der Waals surface area contributed by atoms with Crippen molar-refractivity contribution in [2.24, 2.45) is 5.92 Å². The molecule has 18 heavy (non-hydrogen) atoms. The summed E-state index contributed by atoms with van der Waals surface area (Å²) in [5.74, 6) is 0.641. The van der Waals surface area contributed by atoms with Crippen molar-refractivity contribution in [1.82, 2.24) is 10.2 Å². The lowest BCUT2D eigenvalue weighted by atomic mass is 10.1. The highest BCUT2D eigenvalue weighted by Crippen LogP contribution is 2.15. The molecule has 0 aromatic heterocycles. The molecule has 1 aromatic rings. The van der Waals surface area contributed by atoms with E-state index in [1.165, 1.54) is 13.1 Å². The maximum Gasteiger partial charge on any atom is 0.0426 e. The number of halogens is 1. The third kappa shape index (κ3) is 4.48. The van der Waals surface area contributed by atoms with E-state index < -0.39 is 0 Å². The fourth-order valence-corrected chi connectivity index (χ4v) is 2.48. The third-order valence-corrected chi connectivity index (χ3v) is 3.49. The zero-order valence-electron chi connectivity index (χ0n) is 11.0. The monoisotopic (exact) mass is 267 g/mol. The zero-order chi connectivity index (χ0) is 12.8. The molecule has 1 unspecified atom stereocenters. The Labute approximate surface area is 115 Å². The van der Waals surface area contributed by atoms with Gasteiger partial charge in [-0.2, -0.15) is 0 Å². The first kappa shape index (κ1) is 13.7. The highest BCUT2D eigenvalue weighted by Gasteiger charge is 2.12. The predicted octanol–water partition coefficient (Wildman–Crippen LogP) is 2.29. The summed E-state index contributed by atoms with van der Waals surface area (Å²) < 4.78 is 0. The van der Waals surface area contributed by atoms with Crippen molar-refractivity contribution in [1.29, 1.82) is 0 Å². The number of benzene rings is 1. The Hall–Kier alpha value is -0.770. The molecule has 1 aliphatic rings. The Morgan fingerprint density at radius 3 is 2.89 bits per heavy atom. The van der Waals surface area contributed by atoms with E-state index >= 15 is 0 Å². The fraction of sp³-hybridized carbons (Fsp3) is 0.571. The molecule has 3 nitrogen and oxygen atoms in total. The third-order valence-electron chi connectivity index (χ3n) is 3.26. The molecule has 1 heterocycles. The molecular weight excluding hydrogens is 246 g/mol. The summed E-state index contributed by atoms with van der Waals surface area (Å²) in [5.41, 5.74) is 1.11. The molecule has 1 aliphatic heterocycles. The van der Waals surface area contributed by atoms with Crippen LogP contribution in [0.15, 0.2) is 24.3 Å². The molecule has 100 valence electrons. The number of nitrogens with zero attached hydrogens (tertiary/aromatic N) is 1. The zero-order valence-corrected chi connectivity index (χ0v) is 11.7. The number of hydrogen-bond donors (Lipinski definition) is 2. The highest BCUT2D eigenvalue weighted by molar-refractivity contribution is 6.30. The molecule has 0 amide bonds.